The number of ketones is 3. The summed E-state index contributed by atoms with van der Waals surface area (Å²) in [5.41, 5.74) is 6.62. The fourth-order valence-corrected chi connectivity index (χ4v) is 8.16. The first kappa shape index (κ1) is 24.1. The molecule has 0 spiro atoms. The third kappa shape index (κ3) is 3.32. The van der Waals surface area contributed by atoms with Gasteiger partial charge in [0.25, 0.3) is 0 Å². The quantitative estimate of drug-likeness (QED) is 0.550. The number of halogens is 1. The van der Waals surface area contributed by atoms with Crippen LogP contribution in [0.5, 0.6) is 0 Å². The smallest absolute Gasteiger partial charge is 0.340 e. The molecule has 6 aliphatic rings. The van der Waals surface area contributed by atoms with Crippen molar-refractivity contribution in [1.29, 1.82) is 0 Å². The maximum absolute atomic E-state index is 15.9. The minimum atomic E-state index is -1.39. The number of fused-ring (bicyclic) bond motifs is 4. The van der Waals surface area contributed by atoms with Gasteiger partial charge in [0.15, 0.2) is 17.3 Å². The van der Waals surface area contributed by atoms with Crippen LogP contribution in [0.15, 0.2) is 36.0 Å². The Hall–Kier alpha value is -2.95. The molecule has 9 nitrogen and oxygen atoms in total. The molecule has 0 bridgehead atoms. The van der Waals surface area contributed by atoms with Gasteiger partial charge in [0, 0.05) is 54.2 Å². The van der Waals surface area contributed by atoms with E-state index in [1.807, 2.05) is 9.80 Å². The minimum Gasteiger partial charge on any atom is -0.478 e. The van der Waals surface area contributed by atoms with Gasteiger partial charge in [-0.1, -0.05) is 24.3 Å². The summed E-state index contributed by atoms with van der Waals surface area (Å²) < 4.78 is 22.5. The zero-order valence-corrected chi connectivity index (χ0v) is 20.7. The molecule has 3 N–H and O–H groups in total. The van der Waals surface area contributed by atoms with Gasteiger partial charge in [0.1, 0.15) is 11.7 Å². The van der Waals surface area contributed by atoms with Gasteiger partial charge in [-0.2, -0.15) is 0 Å². The van der Waals surface area contributed by atoms with Gasteiger partial charge in [-0.05, 0) is 25.7 Å². The second-order valence-corrected chi connectivity index (χ2v) is 11.7. The third-order valence-corrected chi connectivity index (χ3v) is 9.81. The van der Waals surface area contributed by atoms with Gasteiger partial charge >= 0.3 is 5.97 Å². The number of Topliss-reactive ketones (excluding diaryl/α,β-unsaturated/α-hetero) is 3. The van der Waals surface area contributed by atoms with E-state index in [9.17, 15) is 24.3 Å². The highest BCUT2D eigenvalue weighted by Gasteiger charge is 2.62. The molecule has 10 heteroatoms. The van der Waals surface area contributed by atoms with Gasteiger partial charge in [-0.25, -0.2) is 9.18 Å². The number of aliphatic carboxylic acids is 1. The van der Waals surface area contributed by atoms with Gasteiger partial charge in [0.05, 0.1) is 30.3 Å². The molecule has 10 unspecified atom stereocenters. The van der Waals surface area contributed by atoms with Crippen LogP contribution in [0.4, 0.5) is 4.39 Å². The fourth-order valence-electron chi connectivity index (χ4n) is 8.16. The average Bonchev–Trinajstić information content (AvgIpc) is 3.33. The van der Waals surface area contributed by atoms with Gasteiger partial charge in [-0.3, -0.25) is 19.3 Å². The molecule has 200 valence electrons. The van der Waals surface area contributed by atoms with Crippen molar-refractivity contribution in [2.24, 2.45) is 23.5 Å². The number of ether oxygens (including phenoxy) is 1. The second-order valence-electron chi connectivity index (χ2n) is 11.7. The van der Waals surface area contributed by atoms with Crippen molar-refractivity contribution in [3.63, 3.8) is 0 Å². The van der Waals surface area contributed by atoms with E-state index in [-0.39, 0.29) is 36.0 Å². The maximum Gasteiger partial charge on any atom is 0.340 e. The number of benzene rings is 1. The summed E-state index contributed by atoms with van der Waals surface area (Å²) in [7, 11) is 0. The lowest BCUT2D eigenvalue weighted by atomic mass is 9.63. The van der Waals surface area contributed by atoms with E-state index in [0.717, 1.165) is 6.42 Å². The van der Waals surface area contributed by atoms with Crippen molar-refractivity contribution < 1.29 is 33.4 Å². The van der Waals surface area contributed by atoms with Crippen LogP contribution >= 0.6 is 0 Å². The van der Waals surface area contributed by atoms with E-state index in [2.05, 4.69) is 0 Å². The second kappa shape index (κ2) is 8.53. The number of nitrogens with two attached hydrogens (primary N) is 1. The monoisotopic (exact) mass is 523 g/mol. The Morgan fingerprint density at radius 3 is 2.29 bits per heavy atom. The summed E-state index contributed by atoms with van der Waals surface area (Å²) in [4.78, 5) is 56.2. The lowest BCUT2D eigenvalue weighted by molar-refractivity contribution is -0.215. The van der Waals surface area contributed by atoms with Crippen LogP contribution in [-0.4, -0.2) is 93.9 Å². The molecular weight excluding hydrogens is 493 g/mol. The summed E-state index contributed by atoms with van der Waals surface area (Å²) in [6, 6.07) is 5.21. The number of alkyl halides is 1. The van der Waals surface area contributed by atoms with Crippen LogP contribution in [-0.2, 0) is 14.3 Å². The van der Waals surface area contributed by atoms with Crippen LogP contribution in [0, 0.1) is 17.8 Å². The van der Waals surface area contributed by atoms with Crippen molar-refractivity contribution in [2.75, 3.05) is 13.1 Å². The molecule has 4 fully saturated rings. The lowest BCUT2D eigenvalue weighted by Gasteiger charge is -2.61. The average molecular weight is 524 g/mol. The zero-order chi connectivity index (χ0) is 26.5. The van der Waals surface area contributed by atoms with Gasteiger partial charge in [-0.15, -0.1) is 0 Å². The highest BCUT2D eigenvalue weighted by molar-refractivity contribution is 6.18. The van der Waals surface area contributed by atoms with Crippen LogP contribution < -0.4 is 5.73 Å². The Bertz CT molecular complexity index is 1280. The van der Waals surface area contributed by atoms with Gasteiger partial charge < -0.3 is 20.5 Å². The number of carbonyl (C=O) groups excluding carboxylic acids is 3. The topological polar surface area (TPSA) is 130 Å². The standard InChI is InChI=1S/C28H30FN3O6/c29-19-7-17-22-27(23(19)31-6-5-12(30)10-31)38-21-9-16-15(24(33)13-3-1-2-4-14(13)25(16)34)8-20(21)32(22)11-18(26(17)35)28(36)37/h1-4,11-12,15-17,19-23,27H,5-10,30H2,(H,36,37). The predicted molar refractivity (Wildman–Crippen MR) is 131 cm³/mol. The Balaban J connectivity index is 1.30. The summed E-state index contributed by atoms with van der Waals surface area (Å²) >= 11 is 0. The number of morpholine rings is 1. The molecule has 1 aromatic rings. The molecule has 3 aliphatic carbocycles. The Morgan fingerprint density at radius 1 is 0.974 bits per heavy atom. The van der Waals surface area contributed by atoms with Crippen LogP contribution in [0.25, 0.3) is 0 Å². The molecule has 0 amide bonds. The van der Waals surface area contributed by atoms with Crippen molar-refractivity contribution in [3.8, 4) is 0 Å². The number of rotatable bonds is 2. The van der Waals surface area contributed by atoms with E-state index in [0.29, 0.717) is 30.6 Å². The summed E-state index contributed by atoms with van der Waals surface area (Å²) in [6.45, 7) is 1.14. The zero-order valence-electron chi connectivity index (χ0n) is 20.7. The molecular formula is C28H30FN3O6. The Morgan fingerprint density at radius 2 is 1.66 bits per heavy atom. The molecule has 3 aliphatic heterocycles. The number of hydrogen-bond donors (Lipinski definition) is 2. The maximum atomic E-state index is 15.9. The first-order valence-corrected chi connectivity index (χ1v) is 13.5. The van der Waals surface area contributed by atoms with Crippen LogP contribution in [0.2, 0.25) is 0 Å². The number of hydrogen-bond acceptors (Lipinski definition) is 8. The molecule has 3 heterocycles. The summed E-state index contributed by atoms with van der Waals surface area (Å²) in [6.07, 6.45) is 0.0484. The Kier molecular flexibility index (Phi) is 5.41. The van der Waals surface area contributed by atoms with Crippen molar-refractivity contribution in [3.05, 3.63) is 47.2 Å². The summed E-state index contributed by atoms with van der Waals surface area (Å²) in [5.74, 6) is -4.06. The molecule has 7 rings (SSSR count). The molecule has 0 radical (unpaired) electrons. The number of carboxylic acid groups (broad SMARTS) is 1. The number of likely N-dealkylation sites (tertiary alicyclic amines) is 1. The van der Waals surface area contributed by atoms with Crippen LogP contribution in [0.1, 0.15) is 46.4 Å². The number of carboxylic acids is 1. The SMILES string of the molecule is NC1CCN(C2C(F)CC3C(=O)C(C(=O)O)=CN4C5CC6C(=O)c7ccccc7C(=O)C6CC5OC2C34)C1. The Labute approximate surface area is 218 Å². The normalized spacial score (nSPS) is 42.1. The van der Waals surface area contributed by atoms with E-state index in [4.69, 9.17) is 10.5 Å². The highest BCUT2D eigenvalue weighted by atomic mass is 19.1. The molecule has 1 aromatic carbocycles. The first-order valence-electron chi connectivity index (χ1n) is 13.5. The van der Waals surface area contributed by atoms with Crippen molar-refractivity contribution in [1.82, 2.24) is 9.80 Å². The predicted octanol–water partition coefficient (Wildman–Crippen LogP) is 1.21. The molecule has 10 atom stereocenters. The fraction of sp³-hybridized carbons (Fsp3) is 0.571. The third-order valence-electron chi connectivity index (χ3n) is 9.81. The number of nitrogens with zero attached hydrogens (tertiary/aromatic N) is 2. The largest absolute Gasteiger partial charge is 0.478 e. The molecule has 2 saturated carbocycles. The van der Waals surface area contributed by atoms with E-state index in [1.165, 1.54) is 6.20 Å². The number of carbonyl (C=O) groups is 4. The molecule has 38 heavy (non-hydrogen) atoms. The van der Waals surface area contributed by atoms with Crippen LogP contribution in [0.3, 0.4) is 0 Å². The van der Waals surface area contributed by atoms with E-state index >= 15 is 4.39 Å². The first-order chi connectivity index (χ1) is 18.2. The van der Waals surface area contributed by atoms with Crippen molar-refractivity contribution >= 4 is 23.3 Å². The molecule has 2 saturated heterocycles. The molecule has 0 aromatic heterocycles. The summed E-state index contributed by atoms with van der Waals surface area (Å²) in [5, 5.41) is 9.82. The van der Waals surface area contributed by atoms with Gasteiger partial charge in [0.2, 0.25) is 0 Å². The highest BCUT2D eigenvalue weighted by Crippen LogP contribution is 2.50. The van der Waals surface area contributed by atoms with E-state index < -0.39 is 66.0 Å². The minimum absolute atomic E-state index is 0.0692. The lowest BCUT2D eigenvalue weighted by Crippen LogP contribution is -2.73. The van der Waals surface area contributed by atoms with E-state index in [1.54, 1.807) is 24.3 Å². The van der Waals surface area contributed by atoms with Crippen molar-refractivity contribution in [2.45, 2.75) is 68.2 Å².